The predicted molar refractivity (Wildman–Crippen MR) is 49.0 cm³/mol. The molecule has 68 valence electrons. The number of rotatable bonds is 2. The van der Waals surface area contributed by atoms with Crippen LogP contribution in [-0.2, 0) is 0 Å². The van der Waals surface area contributed by atoms with Crippen LogP contribution >= 0.6 is 0 Å². The number of nitrogens with zero attached hydrogens (tertiary/aromatic N) is 1. The Labute approximate surface area is 76.0 Å². The van der Waals surface area contributed by atoms with E-state index in [9.17, 15) is 4.79 Å². The Morgan fingerprint density at radius 1 is 1.69 bits per heavy atom. The molecule has 0 saturated carbocycles. The molecule has 0 aromatic carbocycles. The Balaban J connectivity index is 3.03. The maximum atomic E-state index is 10.9. The zero-order valence-corrected chi connectivity index (χ0v) is 7.37. The zero-order valence-electron chi connectivity index (χ0n) is 7.37. The number of aromatic nitrogens is 1. The van der Waals surface area contributed by atoms with E-state index in [4.69, 9.17) is 11.0 Å². The lowest BCUT2D eigenvalue weighted by molar-refractivity contribution is 0.734. The number of pyridine rings is 1. The molecule has 1 rings (SSSR count). The Morgan fingerprint density at radius 3 is 2.92 bits per heavy atom. The quantitative estimate of drug-likeness (QED) is 0.693. The molecule has 1 heterocycles. The average molecular weight is 177 g/mol. The average Bonchev–Trinajstić information content (AvgIpc) is 2.04. The molecule has 0 fully saturated rings. The lowest BCUT2D eigenvalue weighted by Gasteiger charge is -2.09. The van der Waals surface area contributed by atoms with Gasteiger partial charge in [-0.15, -0.1) is 0 Å². The number of nitrogens with one attached hydrogen (secondary N) is 1. The first-order chi connectivity index (χ1) is 6.15. The Morgan fingerprint density at radius 2 is 2.38 bits per heavy atom. The van der Waals surface area contributed by atoms with Crippen molar-refractivity contribution < 1.29 is 0 Å². The van der Waals surface area contributed by atoms with Crippen LogP contribution in [0.3, 0.4) is 0 Å². The molecule has 3 N–H and O–H groups in total. The molecule has 0 amide bonds. The number of hydrogen-bond donors (Lipinski definition) is 2. The van der Waals surface area contributed by atoms with Gasteiger partial charge in [-0.3, -0.25) is 4.79 Å². The molecule has 1 aromatic rings. The van der Waals surface area contributed by atoms with Gasteiger partial charge in [-0.1, -0.05) is 6.07 Å². The second-order valence-corrected chi connectivity index (χ2v) is 2.87. The number of aromatic amines is 1. The minimum absolute atomic E-state index is 0.148. The van der Waals surface area contributed by atoms with Crippen molar-refractivity contribution >= 4 is 0 Å². The van der Waals surface area contributed by atoms with Gasteiger partial charge < -0.3 is 10.7 Å². The lowest BCUT2D eigenvalue weighted by atomic mass is 10.0. The van der Waals surface area contributed by atoms with E-state index >= 15 is 0 Å². The van der Waals surface area contributed by atoms with Crippen LogP contribution in [0, 0.1) is 18.3 Å². The number of nitriles is 1. The molecule has 4 nitrogen and oxygen atoms in total. The molecule has 0 aliphatic heterocycles. The minimum Gasteiger partial charge on any atom is -0.326 e. The number of H-pyrrole nitrogens is 1. The molecule has 0 spiro atoms. The van der Waals surface area contributed by atoms with Crippen LogP contribution in [0.25, 0.3) is 0 Å². The van der Waals surface area contributed by atoms with Crippen LogP contribution in [0.4, 0.5) is 0 Å². The number of hydrogen-bond acceptors (Lipinski definition) is 3. The number of aryl methyl sites for hydroxylation is 1. The predicted octanol–water partition coefficient (Wildman–Crippen LogP) is 0.597. The molecule has 0 radical (unpaired) electrons. The van der Waals surface area contributed by atoms with Gasteiger partial charge in [0.1, 0.15) is 0 Å². The van der Waals surface area contributed by atoms with Gasteiger partial charge in [0.15, 0.2) is 0 Å². The molecule has 0 aliphatic rings. The maximum Gasteiger partial charge on any atom is 0.248 e. The van der Waals surface area contributed by atoms with E-state index in [0.29, 0.717) is 0 Å². The van der Waals surface area contributed by atoms with Crippen molar-refractivity contribution in [1.82, 2.24) is 4.98 Å². The van der Waals surface area contributed by atoms with Gasteiger partial charge in [0.25, 0.3) is 0 Å². The second kappa shape index (κ2) is 3.87. The van der Waals surface area contributed by atoms with E-state index < -0.39 is 0 Å². The van der Waals surface area contributed by atoms with Crippen LogP contribution < -0.4 is 11.3 Å². The topological polar surface area (TPSA) is 82.7 Å². The monoisotopic (exact) mass is 177 g/mol. The molecule has 4 heteroatoms. The molecule has 1 aromatic heterocycles. The highest BCUT2D eigenvalue weighted by Crippen LogP contribution is 2.14. The molecule has 0 unspecified atom stereocenters. The summed E-state index contributed by atoms with van der Waals surface area (Å²) in [4.78, 5) is 13.5. The Kier molecular flexibility index (Phi) is 2.83. The summed E-state index contributed by atoms with van der Waals surface area (Å²) >= 11 is 0. The molecular formula is C9H11N3O. The van der Waals surface area contributed by atoms with Crippen LogP contribution in [0.1, 0.15) is 23.7 Å². The molecule has 0 bridgehead atoms. The third kappa shape index (κ3) is 2.17. The second-order valence-electron chi connectivity index (χ2n) is 2.87. The van der Waals surface area contributed by atoms with Gasteiger partial charge in [0, 0.05) is 17.8 Å². The zero-order chi connectivity index (χ0) is 9.84. The standard InChI is InChI=1S/C9H11N3O/c1-6-7(8(11)4-5-10)2-3-9(13)12-6/h2-3,8H,4,11H2,1H3,(H,12,13)/t8-/m1/s1. The summed E-state index contributed by atoms with van der Waals surface area (Å²) in [7, 11) is 0. The summed E-state index contributed by atoms with van der Waals surface area (Å²) < 4.78 is 0. The molecular weight excluding hydrogens is 166 g/mol. The molecule has 0 saturated heterocycles. The van der Waals surface area contributed by atoms with Crippen molar-refractivity contribution in [2.75, 3.05) is 0 Å². The van der Waals surface area contributed by atoms with E-state index in [1.54, 1.807) is 13.0 Å². The van der Waals surface area contributed by atoms with E-state index in [2.05, 4.69) is 4.98 Å². The third-order valence-corrected chi connectivity index (χ3v) is 1.87. The normalized spacial score (nSPS) is 12.1. The van der Waals surface area contributed by atoms with Gasteiger partial charge in [-0.05, 0) is 12.5 Å². The summed E-state index contributed by atoms with van der Waals surface area (Å²) in [6, 6.07) is 4.75. The SMILES string of the molecule is Cc1[nH]c(=O)ccc1[C@H](N)CC#N. The van der Waals surface area contributed by atoms with Gasteiger partial charge in [-0.25, -0.2) is 0 Å². The van der Waals surface area contributed by atoms with E-state index in [0.717, 1.165) is 11.3 Å². The van der Waals surface area contributed by atoms with Gasteiger partial charge in [-0.2, -0.15) is 5.26 Å². The summed E-state index contributed by atoms with van der Waals surface area (Å²) in [5.74, 6) is 0. The van der Waals surface area contributed by atoms with E-state index in [1.165, 1.54) is 6.07 Å². The summed E-state index contributed by atoms with van der Waals surface area (Å²) in [5, 5.41) is 8.44. The fourth-order valence-corrected chi connectivity index (χ4v) is 1.20. The number of nitrogens with two attached hydrogens (primary N) is 1. The lowest BCUT2D eigenvalue weighted by Crippen LogP contribution is -2.15. The summed E-state index contributed by atoms with van der Waals surface area (Å²) in [6.45, 7) is 1.77. The van der Waals surface area contributed by atoms with Crippen molar-refractivity contribution in [3.63, 3.8) is 0 Å². The fraction of sp³-hybridized carbons (Fsp3) is 0.333. The highest BCUT2D eigenvalue weighted by molar-refractivity contribution is 5.22. The smallest absolute Gasteiger partial charge is 0.248 e. The fourth-order valence-electron chi connectivity index (χ4n) is 1.20. The van der Waals surface area contributed by atoms with E-state index in [1.807, 2.05) is 6.07 Å². The molecule has 0 aliphatic carbocycles. The minimum atomic E-state index is -0.318. The van der Waals surface area contributed by atoms with Crippen LogP contribution in [-0.4, -0.2) is 4.98 Å². The molecule has 1 atom stereocenters. The van der Waals surface area contributed by atoms with Crippen LogP contribution in [0.2, 0.25) is 0 Å². The first kappa shape index (κ1) is 9.49. The van der Waals surface area contributed by atoms with Gasteiger partial charge in [0.05, 0.1) is 12.5 Å². The summed E-state index contributed by atoms with van der Waals surface area (Å²) in [5.41, 5.74) is 7.12. The highest BCUT2D eigenvalue weighted by atomic mass is 16.1. The van der Waals surface area contributed by atoms with Gasteiger partial charge >= 0.3 is 0 Å². The maximum absolute atomic E-state index is 10.9. The van der Waals surface area contributed by atoms with Crippen molar-refractivity contribution in [3.8, 4) is 6.07 Å². The molecule has 13 heavy (non-hydrogen) atoms. The third-order valence-electron chi connectivity index (χ3n) is 1.87. The van der Waals surface area contributed by atoms with Crippen LogP contribution in [0.5, 0.6) is 0 Å². The first-order valence-corrected chi connectivity index (χ1v) is 3.97. The highest BCUT2D eigenvalue weighted by Gasteiger charge is 2.08. The van der Waals surface area contributed by atoms with E-state index in [-0.39, 0.29) is 18.0 Å². The van der Waals surface area contributed by atoms with Crippen molar-refractivity contribution in [2.24, 2.45) is 5.73 Å². The van der Waals surface area contributed by atoms with Crippen LogP contribution in [0.15, 0.2) is 16.9 Å². The summed E-state index contributed by atoms with van der Waals surface area (Å²) in [6.07, 6.45) is 0.257. The van der Waals surface area contributed by atoms with Crippen molar-refractivity contribution in [3.05, 3.63) is 33.7 Å². The van der Waals surface area contributed by atoms with Gasteiger partial charge in [0.2, 0.25) is 5.56 Å². The van der Waals surface area contributed by atoms with Crippen molar-refractivity contribution in [2.45, 2.75) is 19.4 Å². The largest absolute Gasteiger partial charge is 0.326 e. The Bertz CT molecular complexity index is 389. The Hall–Kier alpha value is -1.60. The first-order valence-electron chi connectivity index (χ1n) is 3.97. The van der Waals surface area contributed by atoms with Crippen molar-refractivity contribution in [1.29, 1.82) is 5.26 Å².